The van der Waals surface area contributed by atoms with Crippen molar-refractivity contribution < 1.29 is 13.2 Å². The molecule has 0 radical (unpaired) electrons. The van der Waals surface area contributed by atoms with Gasteiger partial charge in [0.05, 0.1) is 16.4 Å². The molecule has 1 amide bonds. The lowest BCUT2D eigenvalue weighted by molar-refractivity contribution is 0.0686. The predicted octanol–water partition coefficient (Wildman–Crippen LogP) is 2.89. The van der Waals surface area contributed by atoms with Crippen LogP contribution < -0.4 is 0 Å². The molecule has 0 spiro atoms. The monoisotopic (exact) mass is 349 g/mol. The first-order chi connectivity index (χ1) is 10.9. The molecule has 122 valence electrons. The number of hydrogen-bond acceptors (Lipinski definition) is 4. The van der Waals surface area contributed by atoms with E-state index in [4.69, 9.17) is 0 Å². The standard InChI is InChI=1S/C17H19NO3S2/c1-13-4-6-14(7-5-13)11-18(15-8-10-23(20,21)12-15)17(19)16-3-2-9-22-16/h2-7,9,15H,8,10-12H2,1H3/t15-/m0/s1. The number of hydrogen-bond donors (Lipinski definition) is 0. The Kier molecular flexibility index (Phi) is 4.55. The highest BCUT2D eigenvalue weighted by atomic mass is 32.2. The third-order valence-corrected chi connectivity index (χ3v) is 6.72. The SMILES string of the molecule is Cc1ccc(CN(C(=O)c2cccs2)[C@H]2CCS(=O)(=O)C2)cc1. The molecule has 1 aromatic heterocycles. The molecule has 23 heavy (non-hydrogen) atoms. The first-order valence-electron chi connectivity index (χ1n) is 7.55. The minimum Gasteiger partial charge on any atom is -0.330 e. The van der Waals surface area contributed by atoms with Gasteiger partial charge in [-0.05, 0) is 30.4 Å². The normalized spacial score (nSPS) is 19.6. The van der Waals surface area contributed by atoms with Crippen LogP contribution in [0.3, 0.4) is 0 Å². The summed E-state index contributed by atoms with van der Waals surface area (Å²) in [6, 6.07) is 11.4. The molecule has 4 nitrogen and oxygen atoms in total. The van der Waals surface area contributed by atoms with Crippen molar-refractivity contribution in [3.8, 4) is 0 Å². The molecule has 0 N–H and O–H groups in total. The summed E-state index contributed by atoms with van der Waals surface area (Å²) < 4.78 is 23.6. The number of carbonyl (C=O) groups excluding carboxylic acids is 1. The van der Waals surface area contributed by atoms with Gasteiger partial charge in [0.2, 0.25) is 0 Å². The van der Waals surface area contributed by atoms with E-state index in [0.29, 0.717) is 17.8 Å². The van der Waals surface area contributed by atoms with Gasteiger partial charge in [0.15, 0.2) is 9.84 Å². The van der Waals surface area contributed by atoms with Gasteiger partial charge in [-0.25, -0.2) is 8.42 Å². The van der Waals surface area contributed by atoms with Crippen molar-refractivity contribution in [1.82, 2.24) is 4.90 Å². The third-order valence-electron chi connectivity index (χ3n) is 4.12. The molecule has 0 unspecified atom stereocenters. The maximum atomic E-state index is 12.8. The molecule has 1 aliphatic rings. The fourth-order valence-corrected chi connectivity index (χ4v) is 5.23. The molecule has 2 heterocycles. The number of sulfone groups is 1. The lowest BCUT2D eigenvalue weighted by Gasteiger charge is -2.28. The smallest absolute Gasteiger partial charge is 0.264 e. The Bertz CT molecular complexity index is 780. The highest BCUT2D eigenvalue weighted by Crippen LogP contribution is 2.24. The number of amides is 1. The van der Waals surface area contributed by atoms with Crippen molar-refractivity contribution >= 4 is 27.1 Å². The average Bonchev–Trinajstić information content (AvgIpc) is 3.15. The van der Waals surface area contributed by atoms with Crippen LogP contribution in [0.5, 0.6) is 0 Å². The molecule has 1 aromatic carbocycles. The molecule has 1 fully saturated rings. The summed E-state index contributed by atoms with van der Waals surface area (Å²) >= 11 is 1.39. The van der Waals surface area contributed by atoms with E-state index in [2.05, 4.69) is 0 Å². The molecule has 0 saturated carbocycles. The van der Waals surface area contributed by atoms with E-state index in [0.717, 1.165) is 11.1 Å². The van der Waals surface area contributed by atoms with Gasteiger partial charge in [0.25, 0.3) is 5.91 Å². The first-order valence-corrected chi connectivity index (χ1v) is 10.3. The zero-order chi connectivity index (χ0) is 16.4. The second-order valence-electron chi connectivity index (χ2n) is 5.95. The topological polar surface area (TPSA) is 54.5 Å². The largest absolute Gasteiger partial charge is 0.330 e. The van der Waals surface area contributed by atoms with Crippen LogP contribution in [0.4, 0.5) is 0 Å². The van der Waals surface area contributed by atoms with Crippen LogP contribution in [0.25, 0.3) is 0 Å². The highest BCUT2D eigenvalue weighted by Gasteiger charge is 2.35. The van der Waals surface area contributed by atoms with E-state index in [9.17, 15) is 13.2 Å². The molecule has 0 bridgehead atoms. The first kappa shape index (κ1) is 16.2. The minimum atomic E-state index is -3.03. The van der Waals surface area contributed by atoms with Crippen molar-refractivity contribution in [2.24, 2.45) is 0 Å². The Balaban J connectivity index is 1.87. The number of aryl methyl sites for hydroxylation is 1. The van der Waals surface area contributed by atoms with Crippen LogP contribution in [-0.2, 0) is 16.4 Å². The summed E-state index contributed by atoms with van der Waals surface area (Å²) in [6.45, 7) is 2.46. The lowest BCUT2D eigenvalue weighted by atomic mass is 10.1. The van der Waals surface area contributed by atoms with E-state index < -0.39 is 9.84 Å². The van der Waals surface area contributed by atoms with Crippen LogP contribution in [0.1, 0.15) is 27.2 Å². The molecule has 1 aliphatic heterocycles. The second-order valence-corrected chi connectivity index (χ2v) is 9.13. The van der Waals surface area contributed by atoms with Crippen molar-refractivity contribution in [3.05, 3.63) is 57.8 Å². The van der Waals surface area contributed by atoms with Gasteiger partial charge in [-0.1, -0.05) is 35.9 Å². The molecule has 0 aliphatic carbocycles. The zero-order valence-electron chi connectivity index (χ0n) is 12.9. The molecule has 1 atom stereocenters. The molecular weight excluding hydrogens is 330 g/mol. The van der Waals surface area contributed by atoms with Crippen molar-refractivity contribution in [1.29, 1.82) is 0 Å². The van der Waals surface area contributed by atoms with E-state index >= 15 is 0 Å². The Hall–Kier alpha value is -1.66. The van der Waals surface area contributed by atoms with Crippen molar-refractivity contribution in [2.45, 2.75) is 25.9 Å². The minimum absolute atomic E-state index is 0.0655. The van der Waals surface area contributed by atoms with E-state index in [-0.39, 0.29) is 23.5 Å². The molecule has 1 saturated heterocycles. The summed E-state index contributed by atoms with van der Waals surface area (Å²) in [6.07, 6.45) is 0.519. The summed E-state index contributed by atoms with van der Waals surface area (Å²) in [7, 11) is -3.03. The van der Waals surface area contributed by atoms with E-state index in [1.807, 2.05) is 42.6 Å². The Morgan fingerprint density at radius 3 is 2.57 bits per heavy atom. The van der Waals surface area contributed by atoms with Crippen molar-refractivity contribution in [3.63, 3.8) is 0 Å². The van der Waals surface area contributed by atoms with Crippen LogP contribution in [0, 0.1) is 6.92 Å². The van der Waals surface area contributed by atoms with Gasteiger partial charge in [-0.2, -0.15) is 0 Å². The maximum Gasteiger partial charge on any atom is 0.264 e. The van der Waals surface area contributed by atoms with Crippen LogP contribution in [0.2, 0.25) is 0 Å². The third kappa shape index (κ3) is 3.82. The van der Waals surface area contributed by atoms with E-state index in [1.54, 1.807) is 11.0 Å². The van der Waals surface area contributed by atoms with Gasteiger partial charge in [0, 0.05) is 12.6 Å². The van der Waals surface area contributed by atoms with E-state index in [1.165, 1.54) is 11.3 Å². The second kappa shape index (κ2) is 6.45. The number of carbonyl (C=O) groups is 1. The summed E-state index contributed by atoms with van der Waals surface area (Å²) in [5.74, 6) is 0.151. The number of benzene rings is 1. The highest BCUT2D eigenvalue weighted by molar-refractivity contribution is 7.91. The molecular formula is C17H19NO3S2. The van der Waals surface area contributed by atoms with Crippen LogP contribution >= 0.6 is 11.3 Å². The number of thiophene rings is 1. The Labute approximate surface area is 140 Å². The lowest BCUT2D eigenvalue weighted by Crippen LogP contribution is -2.40. The summed E-state index contributed by atoms with van der Waals surface area (Å²) in [5.41, 5.74) is 2.18. The number of rotatable bonds is 4. The Morgan fingerprint density at radius 1 is 1.26 bits per heavy atom. The Morgan fingerprint density at radius 2 is 2.00 bits per heavy atom. The quantitative estimate of drug-likeness (QED) is 0.853. The fraction of sp³-hybridized carbons (Fsp3) is 0.353. The zero-order valence-corrected chi connectivity index (χ0v) is 14.6. The maximum absolute atomic E-state index is 12.8. The van der Waals surface area contributed by atoms with Crippen LogP contribution in [0.15, 0.2) is 41.8 Å². The van der Waals surface area contributed by atoms with Gasteiger partial charge < -0.3 is 4.90 Å². The van der Waals surface area contributed by atoms with Gasteiger partial charge in [-0.3, -0.25) is 4.79 Å². The molecule has 2 aromatic rings. The van der Waals surface area contributed by atoms with Gasteiger partial charge in [0.1, 0.15) is 0 Å². The molecule has 3 rings (SSSR count). The van der Waals surface area contributed by atoms with Crippen LogP contribution in [-0.4, -0.2) is 36.8 Å². The molecule has 6 heteroatoms. The average molecular weight is 349 g/mol. The van der Waals surface area contributed by atoms with Gasteiger partial charge in [-0.15, -0.1) is 11.3 Å². The predicted molar refractivity (Wildman–Crippen MR) is 92.4 cm³/mol. The van der Waals surface area contributed by atoms with Crippen molar-refractivity contribution in [2.75, 3.05) is 11.5 Å². The fourth-order valence-electron chi connectivity index (χ4n) is 2.82. The van der Waals surface area contributed by atoms with Gasteiger partial charge >= 0.3 is 0 Å². The number of nitrogens with zero attached hydrogens (tertiary/aromatic N) is 1. The summed E-state index contributed by atoms with van der Waals surface area (Å²) in [4.78, 5) is 15.2. The summed E-state index contributed by atoms with van der Waals surface area (Å²) in [5, 5.41) is 1.86.